The number of benzene rings is 1. The minimum Gasteiger partial charge on any atom is -0.350 e. The first-order valence-electron chi connectivity index (χ1n) is 5.07. The van der Waals surface area contributed by atoms with E-state index in [1.807, 2.05) is 30.3 Å². The minimum absolute atomic E-state index is 0.231. The van der Waals surface area contributed by atoms with E-state index in [1.54, 1.807) is 0 Å². The third-order valence-corrected chi connectivity index (χ3v) is 3.15. The quantitative estimate of drug-likeness (QED) is 0.924. The molecule has 0 aliphatic heterocycles. The lowest BCUT2D eigenvalue weighted by Crippen LogP contribution is -2.25. The lowest BCUT2D eigenvalue weighted by molar-refractivity contribution is 0.0953. The van der Waals surface area contributed by atoms with Crippen molar-refractivity contribution < 1.29 is 4.79 Å². The fourth-order valence-corrected chi connectivity index (χ4v) is 2.08. The maximum atomic E-state index is 11.6. The van der Waals surface area contributed by atoms with E-state index >= 15 is 0 Å². The first-order chi connectivity index (χ1) is 8.25. The molecule has 1 heterocycles. The van der Waals surface area contributed by atoms with E-state index in [0.29, 0.717) is 11.6 Å². The molecule has 0 aliphatic carbocycles. The van der Waals surface area contributed by atoms with Gasteiger partial charge >= 0.3 is 0 Å². The number of halogens is 1. The van der Waals surface area contributed by atoms with Crippen LogP contribution in [0.5, 0.6) is 0 Å². The molecule has 0 aliphatic rings. The van der Waals surface area contributed by atoms with E-state index < -0.39 is 0 Å². The molecule has 0 spiro atoms. The monoisotopic (exact) mass is 267 g/mol. The first kappa shape index (κ1) is 12.0. The Balaban J connectivity index is 1.81. The molecule has 0 atom stereocenters. The van der Waals surface area contributed by atoms with Gasteiger partial charge in [0.15, 0.2) is 0 Å². The summed E-state index contributed by atoms with van der Waals surface area (Å²) in [6, 6.07) is 9.95. The van der Waals surface area contributed by atoms with Crippen molar-refractivity contribution in [2.45, 2.75) is 6.42 Å². The van der Waals surface area contributed by atoms with E-state index in [9.17, 15) is 4.79 Å². The third kappa shape index (κ3) is 3.51. The highest BCUT2D eigenvalue weighted by atomic mass is 35.5. The zero-order valence-corrected chi connectivity index (χ0v) is 10.5. The van der Waals surface area contributed by atoms with Crippen LogP contribution >= 0.6 is 22.9 Å². The molecule has 2 aromatic rings. The summed E-state index contributed by atoms with van der Waals surface area (Å²) < 4.78 is 0.276. The van der Waals surface area contributed by atoms with Crippen LogP contribution in [0, 0.1) is 0 Å². The molecule has 0 saturated heterocycles. The molecule has 1 aromatic carbocycles. The van der Waals surface area contributed by atoms with Crippen LogP contribution in [0.4, 0.5) is 0 Å². The van der Waals surface area contributed by atoms with Crippen LogP contribution < -0.4 is 5.32 Å². The van der Waals surface area contributed by atoms with Gasteiger partial charge in [-0.2, -0.15) is 0 Å². The van der Waals surface area contributed by atoms with Gasteiger partial charge in [-0.25, -0.2) is 0 Å². The highest BCUT2D eigenvalue weighted by molar-refractivity contribution is 7.17. The number of hydrogen-bond acceptors (Lipinski definition) is 4. The molecule has 0 saturated carbocycles. The minimum atomic E-state index is -0.231. The van der Waals surface area contributed by atoms with Crippen molar-refractivity contribution in [2.24, 2.45) is 0 Å². The molecule has 1 amide bonds. The van der Waals surface area contributed by atoms with Crippen LogP contribution in [-0.2, 0) is 6.42 Å². The molecule has 0 radical (unpaired) electrons. The molecule has 6 heteroatoms. The van der Waals surface area contributed by atoms with Gasteiger partial charge in [0.05, 0.1) is 0 Å². The van der Waals surface area contributed by atoms with Crippen LogP contribution in [0.3, 0.4) is 0 Å². The fourth-order valence-electron chi connectivity index (χ4n) is 1.34. The normalized spacial score (nSPS) is 10.2. The Morgan fingerprint density at radius 3 is 2.71 bits per heavy atom. The predicted molar refractivity (Wildman–Crippen MR) is 67.4 cm³/mol. The van der Waals surface area contributed by atoms with E-state index in [-0.39, 0.29) is 10.4 Å². The maximum Gasteiger partial charge on any atom is 0.282 e. The van der Waals surface area contributed by atoms with Crippen molar-refractivity contribution in [2.75, 3.05) is 6.54 Å². The standard InChI is InChI=1S/C11H10ClN3OS/c12-11-15-14-10(17-11)9(16)13-7-6-8-4-2-1-3-5-8/h1-5H,6-7H2,(H,13,16). The van der Waals surface area contributed by atoms with Gasteiger partial charge in [0, 0.05) is 6.54 Å². The molecule has 4 nitrogen and oxygen atoms in total. The van der Waals surface area contributed by atoms with Crippen LogP contribution in [0.2, 0.25) is 4.47 Å². The number of aromatic nitrogens is 2. The number of rotatable bonds is 4. The second kappa shape index (κ2) is 5.75. The summed E-state index contributed by atoms with van der Waals surface area (Å²) in [5.74, 6) is -0.231. The van der Waals surface area contributed by atoms with Gasteiger partial charge < -0.3 is 5.32 Å². The molecule has 1 aromatic heterocycles. The Bertz CT molecular complexity index is 500. The van der Waals surface area contributed by atoms with Crippen LogP contribution in [-0.4, -0.2) is 22.6 Å². The van der Waals surface area contributed by atoms with Crippen molar-refractivity contribution in [3.8, 4) is 0 Å². The lowest BCUT2D eigenvalue weighted by Gasteiger charge is -2.02. The summed E-state index contributed by atoms with van der Waals surface area (Å²) in [5.41, 5.74) is 1.18. The number of nitrogens with one attached hydrogen (secondary N) is 1. The zero-order chi connectivity index (χ0) is 12.1. The Labute approximate surface area is 108 Å². The highest BCUT2D eigenvalue weighted by Gasteiger charge is 2.10. The summed E-state index contributed by atoms with van der Waals surface area (Å²) in [4.78, 5) is 11.6. The van der Waals surface area contributed by atoms with E-state index in [4.69, 9.17) is 11.6 Å². The van der Waals surface area contributed by atoms with Gasteiger partial charge in [0.2, 0.25) is 9.47 Å². The number of carbonyl (C=O) groups excluding carboxylic acids is 1. The number of carbonyl (C=O) groups is 1. The highest BCUT2D eigenvalue weighted by Crippen LogP contribution is 2.14. The topological polar surface area (TPSA) is 54.9 Å². The van der Waals surface area contributed by atoms with E-state index in [0.717, 1.165) is 17.8 Å². The second-order valence-corrected chi connectivity index (χ2v) is 4.91. The van der Waals surface area contributed by atoms with Crippen molar-refractivity contribution in [3.63, 3.8) is 0 Å². The van der Waals surface area contributed by atoms with Crippen molar-refractivity contribution in [1.82, 2.24) is 15.5 Å². The van der Waals surface area contributed by atoms with Gasteiger partial charge in [-0.15, -0.1) is 10.2 Å². The van der Waals surface area contributed by atoms with Crippen molar-refractivity contribution >= 4 is 28.8 Å². The average Bonchev–Trinajstić information content (AvgIpc) is 2.77. The Hall–Kier alpha value is -1.46. The number of hydrogen-bond donors (Lipinski definition) is 1. The summed E-state index contributed by atoms with van der Waals surface area (Å²) in [5, 5.41) is 10.3. The predicted octanol–water partition coefficient (Wildman–Crippen LogP) is 2.16. The van der Waals surface area contributed by atoms with Crippen LogP contribution in [0.25, 0.3) is 0 Å². The van der Waals surface area contributed by atoms with Gasteiger partial charge in [-0.1, -0.05) is 41.7 Å². The van der Waals surface area contributed by atoms with Gasteiger partial charge in [-0.3, -0.25) is 4.79 Å². The third-order valence-electron chi connectivity index (χ3n) is 2.14. The lowest BCUT2D eigenvalue weighted by atomic mass is 10.1. The first-order valence-corrected chi connectivity index (χ1v) is 6.26. The smallest absolute Gasteiger partial charge is 0.282 e. The number of nitrogens with zero attached hydrogens (tertiary/aromatic N) is 2. The maximum absolute atomic E-state index is 11.6. The van der Waals surface area contributed by atoms with Crippen LogP contribution in [0.1, 0.15) is 15.4 Å². The van der Waals surface area contributed by atoms with Crippen molar-refractivity contribution in [3.05, 3.63) is 45.4 Å². The zero-order valence-electron chi connectivity index (χ0n) is 8.89. The molecular weight excluding hydrogens is 258 g/mol. The Morgan fingerprint density at radius 2 is 2.06 bits per heavy atom. The number of amides is 1. The molecule has 0 bridgehead atoms. The van der Waals surface area contributed by atoms with E-state index in [2.05, 4.69) is 15.5 Å². The van der Waals surface area contributed by atoms with E-state index in [1.165, 1.54) is 5.56 Å². The summed E-state index contributed by atoms with van der Waals surface area (Å²) in [7, 11) is 0. The average molecular weight is 268 g/mol. The van der Waals surface area contributed by atoms with Gasteiger partial charge in [0.25, 0.3) is 5.91 Å². The van der Waals surface area contributed by atoms with Gasteiger partial charge in [-0.05, 0) is 23.6 Å². The summed E-state index contributed by atoms with van der Waals surface area (Å²) >= 11 is 6.67. The van der Waals surface area contributed by atoms with Crippen LogP contribution in [0.15, 0.2) is 30.3 Å². The van der Waals surface area contributed by atoms with Gasteiger partial charge in [0.1, 0.15) is 0 Å². The van der Waals surface area contributed by atoms with Crippen molar-refractivity contribution in [1.29, 1.82) is 0 Å². The molecule has 2 rings (SSSR count). The summed E-state index contributed by atoms with van der Waals surface area (Å²) in [6.45, 7) is 0.569. The fraction of sp³-hybridized carbons (Fsp3) is 0.182. The largest absolute Gasteiger partial charge is 0.350 e. The Morgan fingerprint density at radius 1 is 1.29 bits per heavy atom. The second-order valence-electron chi connectivity index (χ2n) is 3.35. The molecule has 88 valence electrons. The Kier molecular flexibility index (Phi) is 4.06. The summed E-state index contributed by atoms with van der Waals surface area (Å²) in [6.07, 6.45) is 0.791. The molecule has 17 heavy (non-hydrogen) atoms. The molecule has 0 fully saturated rings. The molecule has 0 unspecified atom stereocenters. The molecular formula is C11H10ClN3OS. The molecule has 1 N–H and O–H groups in total. The SMILES string of the molecule is O=C(NCCc1ccccc1)c1nnc(Cl)s1.